The molecular formula is C14H10BrN3O2S. The van der Waals surface area contributed by atoms with Gasteiger partial charge in [0.25, 0.3) is 0 Å². The summed E-state index contributed by atoms with van der Waals surface area (Å²) < 4.78 is 2.81. The normalized spacial score (nSPS) is 10.9. The van der Waals surface area contributed by atoms with Gasteiger partial charge >= 0.3 is 5.97 Å². The van der Waals surface area contributed by atoms with Crippen molar-refractivity contribution in [3.8, 4) is 5.69 Å². The standard InChI is InChI=1S/C14H10BrN3O2S/c15-9-3-1-4-10(7-9)18-13-11(5-2-6-16-13)17-14(18)21-8-12(19)20/h1-7H,8H2,(H,19,20). The van der Waals surface area contributed by atoms with E-state index in [0.29, 0.717) is 10.8 Å². The number of pyridine rings is 1. The first-order valence-electron chi connectivity index (χ1n) is 6.09. The summed E-state index contributed by atoms with van der Waals surface area (Å²) in [6.45, 7) is 0. The number of imidazole rings is 1. The summed E-state index contributed by atoms with van der Waals surface area (Å²) in [6, 6.07) is 11.4. The second-order valence-electron chi connectivity index (χ2n) is 4.24. The number of hydrogen-bond donors (Lipinski definition) is 1. The lowest BCUT2D eigenvalue weighted by Crippen LogP contribution is -2.02. The first kappa shape index (κ1) is 14.1. The van der Waals surface area contributed by atoms with Crippen molar-refractivity contribution in [1.29, 1.82) is 0 Å². The van der Waals surface area contributed by atoms with Crippen molar-refractivity contribution in [1.82, 2.24) is 14.5 Å². The van der Waals surface area contributed by atoms with Gasteiger partial charge in [-0.3, -0.25) is 9.36 Å². The Bertz CT molecular complexity index is 819. The van der Waals surface area contributed by atoms with E-state index in [9.17, 15) is 4.79 Å². The first-order valence-corrected chi connectivity index (χ1v) is 7.87. The Balaban J connectivity index is 2.17. The molecule has 0 aliphatic heterocycles. The van der Waals surface area contributed by atoms with E-state index in [2.05, 4.69) is 25.9 Å². The highest BCUT2D eigenvalue weighted by molar-refractivity contribution is 9.10. The van der Waals surface area contributed by atoms with Crippen molar-refractivity contribution in [3.05, 3.63) is 47.1 Å². The molecule has 0 saturated carbocycles. The first-order chi connectivity index (χ1) is 10.1. The summed E-state index contributed by atoms with van der Waals surface area (Å²) in [5, 5.41) is 9.49. The van der Waals surface area contributed by atoms with Gasteiger partial charge in [-0.25, -0.2) is 9.97 Å². The van der Waals surface area contributed by atoms with Crippen molar-refractivity contribution in [2.75, 3.05) is 5.75 Å². The van der Waals surface area contributed by atoms with E-state index in [1.54, 1.807) is 6.20 Å². The van der Waals surface area contributed by atoms with Crippen LogP contribution in [-0.2, 0) is 4.79 Å². The highest BCUT2D eigenvalue weighted by atomic mass is 79.9. The zero-order valence-corrected chi connectivity index (χ0v) is 13.1. The molecule has 0 saturated heterocycles. The van der Waals surface area contributed by atoms with Crippen LogP contribution < -0.4 is 0 Å². The van der Waals surface area contributed by atoms with Crippen molar-refractivity contribution >= 4 is 44.8 Å². The number of fused-ring (bicyclic) bond motifs is 1. The highest BCUT2D eigenvalue weighted by Crippen LogP contribution is 2.27. The van der Waals surface area contributed by atoms with Gasteiger partial charge in [0.15, 0.2) is 10.8 Å². The molecule has 0 unspecified atom stereocenters. The maximum atomic E-state index is 10.8. The Morgan fingerprint density at radius 2 is 2.19 bits per heavy atom. The molecule has 1 aromatic carbocycles. The fraction of sp³-hybridized carbons (Fsp3) is 0.0714. The lowest BCUT2D eigenvalue weighted by Gasteiger charge is -2.08. The van der Waals surface area contributed by atoms with Crippen LogP contribution in [0.15, 0.2) is 52.2 Å². The van der Waals surface area contributed by atoms with Gasteiger partial charge in [0.1, 0.15) is 5.52 Å². The van der Waals surface area contributed by atoms with Gasteiger partial charge in [0, 0.05) is 10.7 Å². The number of halogens is 1. The lowest BCUT2D eigenvalue weighted by molar-refractivity contribution is -0.133. The molecule has 0 spiro atoms. The predicted octanol–water partition coefficient (Wildman–Crippen LogP) is 3.36. The van der Waals surface area contributed by atoms with E-state index < -0.39 is 5.97 Å². The van der Waals surface area contributed by atoms with Crippen molar-refractivity contribution in [3.63, 3.8) is 0 Å². The summed E-state index contributed by atoms with van der Waals surface area (Å²) in [7, 11) is 0. The molecule has 0 amide bonds. The molecule has 3 aromatic rings. The molecule has 106 valence electrons. The van der Waals surface area contributed by atoms with Gasteiger partial charge in [-0.2, -0.15) is 0 Å². The van der Waals surface area contributed by atoms with E-state index in [1.165, 1.54) is 11.8 Å². The number of carboxylic acid groups (broad SMARTS) is 1. The fourth-order valence-corrected chi connectivity index (χ4v) is 3.09. The second-order valence-corrected chi connectivity index (χ2v) is 6.10. The minimum absolute atomic E-state index is 0.0443. The average molecular weight is 364 g/mol. The Morgan fingerprint density at radius 3 is 2.95 bits per heavy atom. The third-order valence-corrected chi connectivity index (χ3v) is 4.19. The van der Waals surface area contributed by atoms with Crippen LogP contribution in [0.4, 0.5) is 0 Å². The summed E-state index contributed by atoms with van der Waals surface area (Å²) in [5.74, 6) is -0.919. The minimum Gasteiger partial charge on any atom is -0.481 e. The number of carboxylic acids is 1. The van der Waals surface area contributed by atoms with Crippen LogP contribution in [0.3, 0.4) is 0 Å². The molecule has 0 fully saturated rings. The van der Waals surface area contributed by atoms with Crippen LogP contribution in [0, 0.1) is 0 Å². The fourth-order valence-electron chi connectivity index (χ4n) is 1.96. The zero-order chi connectivity index (χ0) is 14.8. The smallest absolute Gasteiger partial charge is 0.313 e. The van der Waals surface area contributed by atoms with E-state index in [0.717, 1.165) is 15.7 Å². The van der Waals surface area contributed by atoms with Crippen LogP contribution in [0.25, 0.3) is 16.9 Å². The van der Waals surface area contributed by atoms with Gasteiger partial charge in [-0.15, -0.1) is 0 Å². The number of nitrogens with zero attached hydrogens (tertiary/aromatic N) is 3. The number of hydrogen-bond acceptors (Lipinski definition) is 4. The molecule has 5 nitrogen and oxygen atoms in total. The number of aromatic nitrogens is 3. The van der Waals surface area contributed by atoms with Crippen LogP contribution >= 0.6 is 27.7 Å². The van der Waals surface area contributed by atoms with Gasteiger partial charge < -0.3 is 5.11 Å². The largest absolute Gasteiger partial charge is 0.481 e. The molecule has 7 heteroatoms. The number of thioether (sulfide) groups is 1. The van der Waals surface area contributed by atoms with Crippen LogP contribution in [-0.4, -0.2) is 31.4 Å². The minimum atomic E-state index is -0.874. The summed E-state index contributed by atoms with van der Waals surface area (Å²) >= 11 is 4.62. The van der Waals surface area contributed by atoms with Crippen LogP contribution in [0.5, 0.6) is 0 Å². The third kappa shape index (κ3) is 2.93. The van der Waals surface area contributed by atoms with Crippen molar-refractivity contribution < 1.29 is 9.90 Å². The quantitative estimate of drug-likeness (QED) is 0.719. The van der Waals surface area contributed by atoms with Gasteiger partial charge in [0.2, 0.25) is 0 Å². The Hall–Kier alpha value is -1.86. The van der Waals surface area contributed by atoms with Crippen molar-refractivity contribution in [2.24, 2.45) is 0 Å². The van der Waals surface area contributed by atoms with E-state index in [-0.39, 0.29) is 5.75 Å². The Morgan fingerprint density at radius 1 is 1.33 bits per heavy atom. The van der Waals surface area contributed by atoms with E-state index in [1.807, 2.05) is 41.0 Å². The average Bonchev–Trinajstić information content (AvgIpc) is 2.83. The SMILES string of the molecule is O=C(O)CSc1nc2cccnc2n1-c1cccc(Br)c1. The number of carbonyl (C=O) groups is 1. The van der Waals surface area contributed by atoms with Crippen LogP contribution in [0.2, 0.25) is 0 Å². The van der Waals surface area contributed by atoms with Gasteiger partial charge in [0.05, 0.1) is 11.4 Å². The van der Waals surface area contributed by atoms with E-state index >= 15 is 0 Å². The molecular weight excluding hydrogens is 354 g/mol. The highest BCUT2D eigenvalue weighted by Gasteiger charge is 2.15. The Kier molecular flexibility index (Phi) is 3.94. The predicted molar refractivity (Wildman–Crippen MR) is 84.9 cm³/mol. The van der Waals surface area contributed by atoms with Crippen LogP contribution in [0.1, 0.15) is 0 Å². The second kappa shape index (κ2) is 5.87. The molecule has 0 radical (unpaired) electrons. The molecule has 0 atom stereocenters. The maximum Gasteiger partial charge on any atom is 0.313 e. The molecule has 0 aliphatic rings. The molecule has 0 aliphatic carbocycles. The monoisotopic (exact) mass is 363 g/mol. The zero-order valence-electron chi connectivity index (χ0n) is 10.7. The number of rotatable bonds is 4. The summed E-state index contributed by atoms with van der Waals surface area (Å²) in [6.07, 6.45) is 1.70. The molecule has 2 aromatic heterocycles. The lowest BCUT2D eigenvalue weighted by atomic mass is 10.3. The third-order valence-electron chi connectivity index (χ3n) is 2.78. The number of aliphatic carboxylic acids is 1. The van der Waals surface area contributed by atoms with Gasteiger partial charge in [-0.05, 0) is 30.3 Å². The van der Waals surface area contributed by atoms with E-state index in [4.69, 9.17) is 5.11 Å². The summed E-state index contributed by atoms with van der Waals surface area (Å²) in [4.78, 5) is 19.6. The maximum absolute atomic E-state index is 10.8. The molecule has 0 bridgehead atoms. The Labute approximate surface area is 133 Å². The van der Waals surface area contributed by atoms with Crippen molar-refractivity contribution in [2.45, 2.75) is 5.16 Å². The molecule has 21 heavy (non-hydrogen) atoms. The van der Waals surface area contributed by atoms with Gasteiger partial charge in [-0.1, -0.05) is 33.8 Å². The number of benzene rings is 1. The molecule has 3 rings (SSSR count). The topological polar surface area (TPSA) is 68.0 Å². The molecule has 2 heterocycles. The summed E-state index contributed by atoms with van der Waals surface area (Å²) in [5.41, 5.74) is 2.34. The molecule has 1 N–H and O–H groups in total.